The number of nitrogens with zero attached hydrogens (tertiary/aromatic N) is 1. The highest BCUT2D eigenvalue weighted by atomic mass is 19.4. The molecule has 0 aromatic heterocycles. The zero-order chi connectivity index (χ0) is 24.5. The standard InChI is InChI=1S/C27H22F3NO3/c1-17-7-5-6-10-21(17)24-23(22(32)16-11-18-8-3-2-4-9-18)25(33)26(34)31(24)20-14-12-19(13-15-20)27(28,29)30/h2-10,12-15,24,33H,11,16H2,1H3. The topological polar surface area (TPSA) is 57.6 Å². The maximum Gasteiger partial charge on any atom is 0.416 e. The van der Waals surface area contributed by atoms with Gasteiger partial charge in [-0.05, 0) is 54.3 Å². The Morgan fingerprint density at radius 2 is 1.56 bits per heavy atom. The average Bonchev–Trinajstić information content (AvgIpc) is 3.08. The number of carbonyl (C=O) groups is 2. The Morgan fingerprint density at radius 3 is 2.18 bits per heavy atom. The highest BCUT2D eigenvalue weighted by molar-refractivity contribution is 6.16. The molecular weight excluding hydrogens is 443 g/mol. The van der Waals surface area contributed by atoms with Crippen LogP contribution in [0.5, 0.6) is 0 Å². The molecule has 0 spiro atoms. The van der Waals surface area contributed by atoms with Gasteiger partial charge in [0, 0.05) is 12.1 Å². The molecule has 34 heavy (non-hydrogen) atoms. The van der Waals surface area contributed by atoms with E-state index in [4.69, 9.17) is 0 Å². The molecule has 1 atom stereocenters. The predicted octanol–water partition coefficient (Wildman–Crippen LogP) is 6.12. The van der Waals surface area contributed by atoms with Crippen molar-refractivity contribution in [1.29, 1.82) is 0 Å². The van der Waals surface area contributed by atoms with Crippen molar-refractivity contribution < 1.29 is 27.9 Å². The van der Waals surface area contributed by atoms with Crippen molar-refractivity contribution >= 4 is 17.4 Å². The lowest BCUT2D eigenvalue weighted by Gasteiger charge is -2.28. The molecule has 0 saturated heterocycles. The molecule has 0 radical (unpaired) electrons. The van der Waals surface area contributed by atoms with Crippen molar-refractivity contribution in [2.75, 3.05) is 4.90 Å². The summed E-state index contributed by atoms with van der Waals surface area (Å²) in [5, 5.41) is 10.8. The Hall–Kier alpha value is -3.87. The number of hydrogen-bond acceptors (Lipinski definition) is 3. The number of hydrogen-bond donors (Lipinski definition) is 1. The summed E-state index contributed by atoms with van der Waals surface area (Å²) in [4.78, 5) is 27.6. The Kier molecular flexibility index (Phi) is 6.28. The van der Waals surface area contributed by atoms with Gasteiger partial charge < -0.3 is 5.11 Å². The largest absolute Gasteiger partial charge is 0.503 e. The highest BCUT2D eigenvalue weighted by Crippen LogP contribution is 2.43. The maximum absolute atomic E-state index is 13.3. The summed E-state index contributed by atoms with van der Waals surface area (Å²) < 4.78 is 39.1. The number of amides is 1. The number of aryl methyl sites for hydroxylation is 2. The van der Waals surface area contributed by atoms with Gasteiger partial charge in [0.25, 0.3) is 5.91 Å². The average molecular weight is 465 g/mol. The first-order chi connectivity index (χ1) is 16.2. The number of ketones is 1. The molecule has 1 aliphatic heterocycles. The third-order valence-corrected chi connectivity index (χ3v) is 5.95. The van der Waals surface area contributed by atoms with Crippen LogP contribution in [-0.4, -0.2) is 16.8 Å². The first-order valence-corrected chi connectivity index (χ1v) is 10.7. The Bertz CT molecular complexity index is 1250. The van der Waals surface area contributed by atoms with Gasteiger partial charge in [0.05, 0.1) is 17.2 Å². The number of Topliss-reactive ketones (excluding diaryl/α,β-unsaturated/α-hetero) is 1. The predicted molar refractivity (Wildman–Crippen MR) is 122 cm³/mol. The molecule has 1 aliphatic rings. The van der Waals surface area contributed by atoms with Crippen molar-refractivity contribution in [3.8, 4) is 0 Å². The number of alkyl halides is 3. The van der Waals surface area contributed by atoms with E-state index in [0.717, 1.165) is 23.3 Å². The van der Waals surface area contributed by atoms with E-state index in [1.54, 1.807) is 18.2 Å². The van der Waals surface area contributed by atoms with Gasteiger partial charge in [-0.2, -0.15) is 13.2 Å². The second-order valence-corrected chi connectivity index (χ2v) is 8.15. The second-order valence-electron chi connectivity index (χ2n) is 8.15. The lowest BCUT2D eigenvalue weighted by molar-refractivity contribution is -0.137. The van der Waals surface area contributed by atoms with Gasteiger partial charge in [0.2, 0.25) is 0 Å². The van der Waals surface area contributed by atoms with Crippen molar-refractivity contribution in [1.82, 2.24) is 0 Å². The highest BCUT2D eigenvalue weighted by Gasteiger charge is 2.44. The zero-order valence-corrected chi connectivity index (χ0v) is 18.3. The molecule has 0 saturated carbocycles. The van der Waals surface area contributed by atoms with Crippen LogP contribution in [0.15, 0.2) is 90.2 Å². The summed E-state index contributed by atoms with van der Waals surface area (Å²) in [6, 6.07) is 19.6. The second kappa shape index (κ2) is 9.17. The van der Waals surface area contributed by atoms with Gasteiger partial charge in [0.1, 0.15) is 0 Å². The Morgan fingerprint density at radius 1 is 0.941 bits per heavy atom. The summed E-state index contributed by atoms with van der Waals surface area (Å²) >= 11 is 0. The van der Waals surface area contributed by atoms with Crippen LogP contribution >= 0.6 is 0 Å². The number of halogens is 3. The van der Waals surface area contributed by atoms with E-state index in [-0.39, 0.29) is 17.7 Å². The molecule has 0 aliphatic carbocycles. The van der Waals surface area contributed by atoms with E-state index >= 15 is 0 Å². The van der Waals surface area contributed by atoms with E-state index in [0.29, 0.717) is 12.0 Å². The van der Waals surface area contributed by atoms with Crippen molar-refractivity contribution in [2.45, 2.75) is 32.0 Å². The lowest BCUT2D eigenvalue weighted by atomic mass is 9.90. The minimum absolute atomic E-state index is 0.0462. The van der Waals surface area contributed by atoms with Gasteiger partial charge in [0.15, 0.2) is 11.5 Å². The van der Waals surface area contributed by atoms with Gasteiger partial charge in [-0.1, -0.05) is 54.6 Å². The molecule has 1 amide bonds. The number of carbonyl (C=O) groups excluding carboxylic acids is 2. The van der Waals surface area contributed by atoms with Gasteiger partial charge >= 0.3 is 6.18 Å². The van der Waals surface area contributed by atoms with Crippen LogP contribution in [0, 0.1) is 6.92 Å². The summed E-state index contributed by atoms with van der Waals surface area (Å²) in [6.45, 7) is 1.81. The molecule has 4 rings (SSSR count). The molecule has 1 unspecified atom stereocenters. The Labute approximate surface area is 195 Å². The fraction of sp³-hybridized carbons (Fsp3) is 0.185. The van der Waals surface area contributed by atoms with Crippen molar-refractivity contribution in [3.05, 3.63) is 112 Å². The molecule has 0 bridgehead atoms. The van der Waals surface area contributed by atoms with E-state index in [2.05, 4.69) is 0 Å². The smallest absolute Gasteiger partial charge is 0.416 e. The van der Waals surface area contributed by atoms with E-state index in [9.17, 15) is 27.9 Å². The Balaban J connectivity index is 1.74. The van der Waals surface area contributed by atoms with Crippen LogP contribution in [0.3, 0.4) is 0 Å². The number of anilines is 1. The molecule has 0 fully saturated rings. The minimum atomic E-state index is -4.53. The molecule has 7 heteroatoms. The van der Waals surface area contributed by atoms with Crippen LogP contribution in [0.25, 0.3) is 0 Å². The summed E-state index contributed by atoms with van der Waals surface area (Å²) in [7, 11) is 0. The summed E-state index contributed by atoms with van der Waals surface area (Å²) in [5.74, 6) is -1.89. The third kappa shape index (κ3) is 4.46. The van der Waals surface area contributed by atoms with E-state index in [1.807, 2.05) is 43.3 Å². The molecular formula is C27H22F3NO3. The minimum Gasteiger partial charge on any atom is -0.503 e. The summed E-state index contributed by atoms with van der Waals surface area (Å²) in [5.41, 5.74) is 1.58. The summed E-state index contributed by atoms with van der Waals surface area (Å²) in [6.07, 6.45) is -4.03. The van der Waals surface area contributed by atoms with Crippen molar-refractivity contribution in [2.24, 2.45) is 0 Å². The van der Waals surface area contributed by atoms with Crippen LogP contribution < -0.4 is 4.90 Å². The van der Waals surface area contributed by atoms with Crippen LogP contribution in [0.1, 0.15) is 34.7 Å². The zero-order valence-electron chi connectivity index (χ0n) is 18.3. The number of aliphatic hydroxyl groups excluding tert-OH is 1. The SMILES string of the molecule is Cc1ccccc1C1C(C(=O)CCc2ccccc2)=C(O)C(=O)N1c1ccc(C(F)(F)F)cc1. The molecule has 3 aromatic rings. The first-order valence-electron chi connectivity index (χ1n) is 10.7. The molecule has 1 heterocycles. The van der Waals surface area contributed by atoms with E-state index in [1.165, 1.54) is 17.0 Å². The fourth-order valence-corrected chi connectivity index (χ4v) is 4.19. The van der Waals surface area contributed by atoms with Crippen molar-refractivity contribution in [3.63, 3.8) is 0 Å². The van der Waals surface area contributed by atoms with Gasteiger partial charge in [-0.25, -0.2) is 0 Å². The quantitative estimate of drug-likeness (QED) is 0.478. The number of aliphatic hydroxyl groups is 1. The van der Waals surface area contributed by atoms with E-state index < -0.39 is 35.2 Å². The normalized spacial score (nSPS) is 16.3. The maximum atomic E-state index is 13.3. The lowest BCUT2D eigenvalue weighted by Crippen LogP contribution is -2.31. The third-order valence-electron chi connectivity index (χ3n) is 5.95. The van der Waals surface area contributed by atoms with Crippen LogP contribution in [0.4, 0.5) is 18.9 Å². The number of benzene rings is 3. The van der Waals surface area contributed by atoms with Gasteiger partial charge in [-0.3, -0.25) is 14.5 Å². The van der Waals surface area contributed by atoms with Crippen LogP contribution in [0.2, 0.25) is 0 Å². The first kappa shape index (κ1) is 23.3. The fourth-order valence-electron chi connectivity index (χ4n) is 4.19. The monoisotopic (exact) mass is 465 g/mol. The molecule has 4 nitrogen and oxygen atoms in total. The van der Waals surface area contributed by atoms with Gasteiger partial charge in [-0.15, -0.1) is 0 Å². The molecule has 3 aromatic carbocycles. The van der Waals surface area contributed by atoms with Crippen LogP contribution in [-0.2, 0) is 22.2 Å². The molecule has 174 valence electrons. The molecule has 1 N–H and O–H groups in total. The number of rotatable bonds is 6.